The van der Waals surface area contributed by atoms with Crippen LogP contribution in [0.2, 0.25) is 0 Å². The summed E-state index contributed by atoms with van der Waals surface area (Å²) < 4.78 is 5.60. The molecule has 1 aliphatic heterocycles. The molecular weight excluding hydrogens is 384 g/mol. The molecule has 2 aliphatic rings. The number of nitrogen functional groups attached to an aromatic ring is 1. The van der Waals surface area contributed by atoms with Gasteiger partial charge in [0.2, 0.25) is 5.88 Å². The van der Waals surface area contributed by atoms with E-state index in [0.29, 0.717) is 19.1 Å². The van der Waals surface area contributed by atoms with E-state index in [1.165, 1.54) is 11.9 Å². The Morgan fingerprint density at radius 2 is 2.03 bits per heavy atom. The second-order valence-corrected chi connectivity index (χ2v) is 8.10. The highest BCUT2D eigenvalue weighted by atomic mass is 16.5. The Labute approximate surface area is 175 Å². The summed E-state index contributed by atoms with van der Waals surface area (Å²) in [6.07, 6.45) is 5.43. The van der Waals surface area contributed by atoms with Crippen LogP contribution in [-0.2, 0) is 4.79 Å². The SMILES string of the molecule is Cc1cc(N2CCOc3ncnc(N)c3C2=O)ccc1C1CCC(CC(=O)O)CC1. The standard InChI is InChI=1S/C22H26N4O4/c1-13-10-16(6-7-17(13)15-4-2-14(3-5-15)11-18(27)28)26-8-9-30-21-19(22(26)29)20(23)24-12-25-21/h6-7,10,12,14-15H,2-5,8-9,11H2,1H3,(H,27,28)(H2,23,24,25). The summed E-state index contributed by atoms with van der Waals surface area (Å²) in [6.45, 7) is 2.78. The van der Waals surface area contributed by atoms with Crippen molar-refractivity contribution in [2.45, 2.75) is 44.9 Å². The molecule has 4 rings (SSSR count). The molecule has 2 heterocycles. The molecule has 30 heavy (non-hydrogen) atoms. The van der Waals surface area contributed by atoms with Crippen molar-refractivity contribution in [3.05, 3.63) is 41.2 Å². The van der Waals surface area contributed by atoms with Gasteiger partial charge in [0.05, 0.1) is 6.54 Å². The Morgan fingerprint density at radius 3 is 2.73 bits per heavy atom. The first kappa shape index (κ1) is 20.1. The number of nitrogens with zero attached hydrogens (tertiary/aromatic N) is 3. The normalized spacial score (nSPS) is 21.5. The van der Waals surface area contributed by atoms with E-state index in [0.717, 1.165) is 36.9 Å². The highest BCUT2D eigenvalue weighted by Gasteiger charge is 2.30. The molecule has 0 radical (unpaired) electrons. The number of carboxylic acids is 1. The number of hydrogen-bond acceptors (Lipinski definition) is 6. The third-order valence-corrected chi connectivity index (χ3v) is 6.17. The quantitative estimate of drug-likeness (QED) is 0.795. The number of benzene rings is 1. The van der Waals surface area contributed by atoms with Gasteiger partial charge in [-0.3, -0.25) is 9.59 Å². The lowest BCUT2D eigenvalue weighted by Crippen LogP contribution is -2.33. The number of hydrogen-bond donors (Lipinski definition) is 2. The zero-order valence-electron chi connectivity index (χ0n) is 17.0. The van der Waals surface area contributed by atoms with Gasteiger partial charge in [-0.15, -0.1) is 0 Å². The van der Waals surface area contributed by atoms with Crippen molar-refractivity contribution in [3.63, 3.8) is 0 Å². The van der Waals surface area contributed by atoms with Gasteiger partial charge in [0.1, 0.15) is 24.3 Å². The van der Waals surface area contributed by atoms with Gasteiger partial charge < -0.3 is 20.5 Å². The van der Waals surface area contributed by atoms with E-state index in [2.05, 4.69) is 23.0 Å². The summed E-state index contributed by atoms with van der Waals surface area (Å²) >= 11 is 0. The second kappa shape index (κ2) is 8.30. The number of ether oxygens (including phenoxy) is 1. The van der Waals surface area contributed by atoms with Crippen LogP contribution in [0, 0.1) is 12.8 Å². The maximum absolute atomic E-state index is 13.1. The number of nitrogens with two attached hydrogens (primary N) is 1. The molecule has 1 saturated carbocycles. The van der Waals surface area contributed by atoms with Crippen LogP contribution in [0.1, 0.15) is 59.5 Å². The zero-order chi connectivity index (χ0) is 21.3. The first-order chi connectivity index (χ1) is 14.4. The van der Waals surface area contributed by atoms with Gasteiger partial charge in [-0.25, -0.2) is 9.97 Å². The van der Waals surface area contributed by atoms with E-state index in [9.17, 15) is 9.59 Å². The molecule has 0 unspecified atom stereocenters. The fourth-order valence-electron chi connectivity index (χ4n) is 4.62. The molecule has 1 aromatic carbocycles. The van der Waals surface area contributed by atoms with Crippen LogP contribution in [0.15, 0.2) is 24.5 Å². The fraction of sp³-hybridized carbons (Fsp3) is 0.455. The number of carboxylic acid groups (broad SMARTS) is 1. The van der Waals surface area contributed by atoms with Gasteiger partial charge in [0.25, 0.3) is 5.91 Å². The average molecular weight is 410 g/mol. The molecule has 2 aromatic rings. The van der Waals surface area contributed by atoms with Gasteiger partial charge in [0.15, 0.2) is 0 Å². The first-order valence-electron chi connectivity index (χ1n) is 10.3. The number of carbonyl (C=O) groups excluding carboxylic acids is 1. The summed E-state index contributed by atoms with van der Waals surface area (Å²) in [7, 11) is 0. The largest absolute Gasteiger partial charge is 0.481 e. The third kappa shape index (κ3) is 3.94. The van der Waals surface area contributed by atoms with Crippen LogP contribution in [0.5, 0.6) is 5.88 Å². The number of amides is 1. The van der Waals surface area contributed by atoms with Crippen LogP contribution in [0.4, 0.5) is 11.5 Å². The lowest BCUT2D eigenvalue weighted by atomic mass is 9.76. The van der Waals surface area contributed by atoms with Crippen LogP contribution in [0.25, 0.3) is 0 Å². The van der Waals surface area contributed by atoms with Gasteiger partial charge in [-0.1, -0.05) is 6.07 Å². The van der Waals surface area contributed by atoms with Crippen molar-refractivity contribution in [3.8, 4) is 5.88 Å². The maximum Gasteiger partial charge on any atom is 0.303 e. The summed E-state index contributed by atoms with van der Waals surface area (Å²) in [5.41, 5.74) is 9.32. The minimum absolute atomic E-state index is 0.114. The molecule has 1 aliphatic carbocycles. The van der Waals surface area contributed by atoms with Crippen molar-refractivity contribution >= 4 is 23.4 Å². The number of anilines is 2. The topological polar surface area (TPSA) is 119 Å². The average Bonchev–Trinajstić information content (AvgIpc) is 2.88. The predicted octanol–water partition coefficient (Wildman–Crippen LogP) is 3.15. The Morgan fingerprint density at radius 1 is 1.27 bits per heavy atom. The molecule has 0 spiro atoms. The van der Waals surface area contributed by atoms with Gasteiger partial charge in [-0.05, 0) is 67.7 Å². The highest BCUT2D eigenvalue weighted by Crippen LogP contribution is 2.39. The van der Waals surface area contributed by atoms with Crippen molar-refractivity contribution in [1.82, 2.24) is 9.97 Å². The molecule has 1 aromatic heterocycles. The summed E-state index contributed by atoms with van der Waals surface area (Å²) in [5, 5.41) is 9.01. The first-order valence-corrected chi connectivity index (χ1v) is 10.3. The fourth-order valence-corrected chi connectivity index (χ4v) is 4.62. The van der Waals surface area contributed by atoms with Crippen molar-refractivity contribution in [1.29, 1.82) is 0 Å². The van der Waals surface area contributed by atoms with E-state index in [-0.39, 0.29) is 35.5 Å². The molecule has 8 nitrogen and oxygen atoms in total. The minimum Gasteiger partial charge on any atom is -0.481 e. The van der Waals surface area contributed by atoms with Crippen LogP contribution >= 0.6 is 0 Å². The number of aromatic nitrogens is 2. The van der Waals surface area contributed by atoms with Crippen LogP contribution in [-0.4, -0.2) is 40.1 Å². The lowest BCUT2D eigenvalue weighted by molar-refractivity contribution is -0.138. The highest BCUT2D eigenvalue weighted by molar-refractivity contribution is 6.10. The lowest BCUT2D eigenvalue weighted by Gasteiger charge is -2.29. The van der Waals surface area contributed by atoms with Crippen LogP contribution < -0.4 is 15.4 Å². The number of rotatable bonds is 4. The Balaban J connectivity index is 1.53. The van der Waals surface area contributed by atoms with Gasteiger partial charge in [-0.2, -0.15) is 0 Å². The second-order valence-electron chi connectivity index (χ2n) is 8.10. The molecule has 158 valence electrons. The van der Waals surface area contributed by atoms with E-state index in [1.807, 2.05) is 12.1 Å². The zero-order valence-corrected chi connectivity index (χ0v) is 17.0. The van der Waals surface area contributed by atoms with Crippen molar-refractivity contribution in [2.24, 2.45) is 5.92 Å². The molecule has 0 atom stereocenters. The molecule has 1 fully saturated rings. The summed E-state index contributed by atoms with van der Waals surface area (Å²) in [4.78, 5) is 33.7. The van der Waals surface area contributed by atoms with Crippen molar-refractivity contribution in [2.75, 3.05) is 23.8 Å². The maximum atomic E-state index is 13.1. The molecule has 0 saturated heterocycles. The number of aliphatic carboxylic acids is 1. The Hall–Kier alpha value is -3.16. The van der Waals surface area contributed by atoms with E-state index in [1.54, 1.807) is 4.90 Å². The minimum atomic E-state index is -0.710. The molecular formula is C22H26N4O4. The molecule has 1 amide bonds. The number of fused-ring (bicyclic) bond motifs is 1. The van der Waals surface area contributed by atoms with Gasteiger partial charge in [0, 0.05) is 12.1 Å². The monoisotopic (exact) mass is 410 g/mol. The number of carbonyl (C=O) groups is 2. The smallest absolute Gasteiger partial charge is 0.303 e. The van der Waals surface area contributed by atoms with E-state index < -0.39 is 5.97 Å². The molecule has 8 heteroatoms. The molecule has 0 bridgehead atoms. The number of aryl methyl sites for hydroxylation is 1. The van der Waals surface area contributed by atoms with E-state index >= 15 is 0 Å². The summed E-state index contributed by atoms with van der Waals surface area (Å²) in [6, 6.07) is 6.09. The molecule has 3 N–H and O–H groups in total. The van der Waals surface area contributed by atoms with Crippen LogP contribution in [0.3, 0.4) is 0 Å². The summed E-state index contributed by atoms with van der Waals surface area (Å²) in [5.74, 6) is 0.0716. The third-order valence-electron chi connectivity index (χ3n) is 6.17. The van der Waals surface area contributed by atoms with Gasteiger partial charge >= 0.3 is 5.97 Å². The van der Waals surface area contributed by atoms with E-state index in [4.69, 9.17) is 15.6 Å². The van der Waals surface area contributed by atoms with Crippen molar-refractivity contribution < 1.29 is 19.4 Å². The Bertz CT molecular complexity index is 970. The Kier molecular flexibility index (Phi) is 5.57. The predicted molar refractivity (Wildman–Crippen MR) is 112 cm³/mol.